The summed E-state index contributed by atoms with van der Waals surface area (Å²) in [5, 5.41) is 12.4. The van der Waals surface area contributed by atoms with Crippen LogP contribution in [0.1, 0.15) is 22.5 Å². The number of aromatic nitrogens is 2. The van der Waals surface area contributed by atoms with E-state index in [-0.39, 0.29) is 5.69 Å². The maximum atomic E-state index is 11.3. The predicted molar refractivity (Wildman–Crippen MR) is 72.5 cm³/mol. The standard InChI is InChI=1S/C14H15N3O2/c1-9-4-2-5-10(8-9)12-16-11(14(18)19)13-15-6-3-7-17(12)13/h2,4-5,8,15H,3,6-7H2,1H3,(H,18,19). The number of anilines is 1. The number of imidazole rings is 1. The molecule has 0 unspecified atom stereocenters. The Morgan fingerprint density at radius 3 is 3.05 bits per heavy atom. The molecule has 19 heavy (non-hydrogen) atoms. The molecule has 5 heteroatoms. The highest BCUT2D eigenvalue weighted by Gasteiger charge is 2.24. The summed E-state index contributed by atoms with van der Waals surface area (Å²) < 4.78 is 1.96. The second-order valence-electron chi connectivity index (χ2n) is 4.74. The van der Waals surface area contributed by atoms with Crippen LogP contribution in [0.5, 0.6) is 0 Å². The second-order valence-corrected chi connectivity index (χ2v) is 4.74. The molecule has 0 saturated carbocycles. The van der Waals surface area contributed by atoms with Gasteiger partial charge < -0.3 is 15.0 Å². The molecule has 0 radical (unpaired) electrons. The Labute approximate surface area is 110 Å². The van der Waals surface area contributed by atoms with Crippen LogP contribution in [0.15, 0.2) is 24.3 Å². The average Bonchev–Trinajstić information content (AvgIpc) is 2.78. The summed E-state index contributed by atoms with van der Waals surface area (Å²) in [5.41, 5.74) is 2.20. The topological polar surface area (TPSA) is 67.1 Å². The summed E-state index contributed by atoms with van der Waals surface area (Å²) >= 11 is 0. The third kappa shape index (κ3) is 1.97. The molecule has 5 nitrogen and oxygen atoms in total. The van der Waals surface area contributed by atoms with Gasteiger partial charge in [-0.1, -0.05) is 23.8 Å². The number of aryl methyl sites for hydroxylation is 1. The largest absolute Gasteiger partial charge is 0.476 e. The van der Waals surface area contributed by atoms with E-state index in [1.54, 1.807) is 0 Å². The van der Waals surface area contributed by atoms with Gasteiger partial charge >= 0.3 is 5.97 Å². The van der Waals surface area contributed by atoms with E-state index in [1.165, 1.54) is 0 Å². The van der Waals surface area contributed by atoms with Gasteiger partial charge in [0.1, 0.15) is 11.6 Å². The number of rotatable bonds is 2. The first-order chi connectivity index (χ1) is 9.16. The Morgan fingerprint density at radius 1 is 1.47 bits per heavy atom. The van der Waals surface area contributed by atoms with Gasteiger partial charge in [-0.25, -0.2) is 9.78 Å². The number of nitrogens with one attached hydrogen (secondary N) is 1. The number of hydrogen-bond donors (Lipinski definition) is 2. The van der Waals surface area contributed by atoms with Crippen molar-refractivity contribution in [3.05, 3.63) is 35.5 Å². The van der Waals surface area contributed by atoms with E-state index in [0.29, 0.717) is 5.82 Å². The van der Waals surface area contributed by atoms with Gasteiger partial charge in [0.2, 0.25) is 0 Å². The van der Waals surface area contributed by atoms with Crippen LogP contribution in [-0.2, 0) is 6.54 Å². The summed E-state index contributed by atoms with van der Waals surface area (Å²) in [6.45, 7) is 3.60. The molecule has 0 atom stereocenters. The zero-order valence-corrected chi connectivity index (χ0v) is 10.7. The third-order valence-corrected chi connectivity index (χ3v) is 3.30. The summed E-state index contributed by atoms with van der Waals surface area (Å²) in [6.07, 6.45) is 0.973. The van der Waals surface area contributed by atoms with Crippen molar-refractivity contribution in [1.29, 1.82) is 0 Å². The van der Waals surface area contributed by atoms with Crippen LogP contribution < -0.4 is 5.32 Å². The maximum Gasteiger partial charge on any atom is 0.358 e. The van der Waals surface area contributed by atoms with Crippen molar-refractivity contribution in [1.82, 2.24) is 9.55 Å². The molecular weight excluding hydrogens is 242 g/mol. The zero-order valence-electron chi connectivity index (χ0n) is 10.7. The lowest BCUT2D eigenvalue weighted by atomic mass is 10.1. The van der Waals surface area contributed by atoms with Crippen LogP contribution in [0.3, 0.4) is 0 Å². The van der Waals surface area contributed by atoms with E-state index in [9.17, 15) is 9.90 Å². The van der Waals surface area contributed by atoms with E-state index in [2.05, 4.69) is 10.3 Å². The van der Waals surface area contributed by atoms with Crippen LogP contribution in [0.2, 0.25) is 0 Å². The Kier molecular flexibility index (Phi) is 2.74. The van der Waals surface area contributed by atoms with Crippen LogP contribution in [0.4, 0.5) is 5.82 Å². The second kappa shape index (κ2) is 4.42. The van der Waals surface area contributed by atoms with E-state index in [4.69, 9.17) is 0 Å². The molecule has 98 valence electrons. The molecule has 2 aromatic rings. The Balaban J connectivity index is 2.19. The third-order valence-electron chi connectivity index (χ3n) is 3.30. The minimum absolute atomic E-state index is 0.108. The SMILES string of the molecule is Cc1cccc(-c2nc(C(=O)O)c3n2CCCN3)c1. The summed E-state index contributed by atoms with van der Waals surface area (Å²) in [7, 11) is 0. The molecule has 1 aliphatic rings. The van der Waals surface area contributed by atoms with Crippen molar-refractivity contribution in [3.8, 4) is 11.4 Å². The van der Waals surface area contributed by atoms with Gasteiger partial charge in [-0.3, -0.25) is 0 Å². The Hall–Kier alpha value is -2.30. The van der Waals surface area contributed by atoms with E-state index in [1.807, 2.05) is 35.8 Å². The van der Waals surface area contributed by atoms with Crippen LogP contribution in [0, 0.1) is 6.92 Å². The molecule has 0 spiro atoms. The number of carboxylic acids is 1. The summed E-state index contributed by atoms with van der Waals surface area (Å²) in [6, 6.07) is 7.96. The highest BCUT2D eigenvalue weighted by Crippen LogP contribution is 2.29. The van der Waals surface area contributed by atoms with Gasteiger partial charge in [0.15, 0.2) is 5.69 Å². The molecule has 1 aromatic heterocycles. The van der Waals surface area contributed by atoms with Crippen molar-refractivity contribution in [2.75, 3.05) is 11.9 Å². The monoisotopic (exact) mass is 257 g/mol. The van der Waals surface area contributed by atoms with Crippen molar-refractivity contribution in [2.45, 2.75) is 19.9 Å². The lowest BCUT2D eigenvalue weighted by Gasteiger charge is -2.18. The van der Waals surface area contributed by atoms with Crippen LogP contribution >= 0.6 is 0 Å². The minimum atomic E-state index is -0.989. The van der Waals surface area contributed by atoms with Gasteiger partial charge in [0.25, 0.3) is 0 Å². The number of benzene rings is 1. The Bertz CT molecular complexity index is 646. The van der Waals surface area contributed by atoms with Gasteiger partial charge in [-0.2, -0.15) is 0 Å². The molecule has 0 bridgehead atoms. The first kappa shape index (κ1) is 11.8. The van der Waals surface area contributed by atoms with Crippen LogP contribution in [0.25, 0.3) is 11.4 Å². The first-order valence-electron chi connectivity index (χ1n) is 6.31. The smallest absolute Gasteiger partial charge is 0.358 e. The van der Waals surface area contributed by atoms with Gasteiger partial charge in [-0.05, 0) is 19.4 Å². The minimum Gasteiger partial charge on any atom is -0.476 e. The summed E-state index contributed by atoms with van der Waals surface area (Å²) in [4.78, 5) is 15.6. The molecule has 2 heterocycles. The van der Waals surface area contributed by atoms with Gasteiger partial charge in [0, 0.05) is 18.7 Å². The number of aromatic carboxylic acids is 1. The number of hydrogen-bond acceptors (Lipinski definition) is 3. The summed E-state index contributed by atoms with van der Waals surface area (Å²) in [5.74, 6) is 0.357. The highest BCUT2D eigenvalue weighted by molar-refractivity contribution is 5.92. The lowest BCUT2D eigenvalue weighted by molar-refractivity contribution is 0.0692. The molecule has 0 amide bonds. The zero-order chi connectivity index (χ0) is 13.4. The van der Waals surface area contributed by atoms with E-state index >= 15 is 0 Å². The number of fused-ring (bicyclic) bond motifs is 1. The molecule has 0 fully saturated rings. The van der Waals surface area contributed by atoms with Crippen molar-refractivity contribution >= 4 is 11.8 Å². The fourth-order valence-corrected chi connectivity index (χ4v) is 2.45. The normalized spacial score (nSPS) is 13.7. The van der Waals surface area contributed by atoms with Gasteiger partial charge in [-0.15, -0.1) is 0 Å². The van der Waals surface area contributed by atoms with Crippen LogP contribution in [-0.4, -0.2) is 27.2 Å². The van der Waals surface area contributed by atoms with Crippen molar-refractivity contribution < 1.29 is 9.90 Å². The number of nitrogens with zero attached hydrogens (tertiary/aromatic N) is 2. The highest BCUT2D eigenvalue weighted by atomic mass is 16.4. The van der Waals surface area contributed by atoms with Crippen molar-refractivity contribution in [2.24, 2.45) is 0 Å². The molecule has 1 aliphatic heterocycles. The number of carboxylic acid groups (broad SMARTS) is 1. The van der Waals surface area contributed by atoms with E-state index < -0.39 is 5.97 Å². The first-order valence-corrected chi connectivity index (χ1v) is 6.31. The molecule has 1 aromatic carbocycles. The molecule has 0 aliphatic carbocycles. The lowest BCUT2D eigenvalue weighted by Crippen LogP contribution is -2.19. The fourth-order valence-electron chi connectivity index (χ4n) is 2.45. The molecule has 2 N–H and O–H groups in total. The molecular formula is C14H15N3O2. The predicted octanol–water partition coefficient (Wildman–Crippen LogP) is 2.37. The maximum absolute atomic E-state index is 11.3. The fraction of sp³-hybridized carbons (Fsp3) is 0.286. The molecule has 3 rings (SSSR count). The van der Waals surface area contributed by atoms with E-state index in [0.717, 1.165) is 36.5 Å². The quantitative estimate of drug-likeness (QED) is 0.866. The average molecular weight is 257 g/mol. The van der Waals surface area contributed by atoms with Crippen molar-refractivity contribution in [3.63, 3.8) is 0 Å². The molecule has 0 saturated heterocycles. The Morgan fingerprint density at radius 2 is 2.32 bits per heavy atom. The van der Waals surface area contributed by atoms with Gasteiger partial charge in [0.05, 0.1) is 0 Å². The number of carbonyl (C=O) groups is 1.